The molecule has 0 radical (unpaired) electrons. The van der Waals surface area contributed by atoms with Gasteiger partial charge in [-0.1, -0.05) is 20.8 Å². The second kappa shape index (κ2) is 7.37. The molecule has 1 heterocycles. The van der Waals surface area contributed by atoms with Crippen LogP contribution in [0.3, 0.4) is 0 Å². The van der Waals surface area contributed by atoms with Gasteiger partial charge in [0.2, 0.25) is 0 Å². The largest absolute Gasteiger partial charge is 0.350 e. The first-order chi connectivity index (χ1) is 9.68. The highest BCUT2D eigenvalue weighted by molar-refractivity contribution is 8.13. The standard InChI is InChI=1S/C11H18ClN3O4S2/c1-4-20(17)6-5-13-11(16)9-10(21(12,18)19)8(7(2)3)14-15-9/h7H,4-6H2,1-3H3,(H,13,16)(H,14,15). The topological polar surface area (TPSA) is 109 Å². The number of rotatable bonds is 7. The van der Waals surface area contributed by atoms with Gasteiger partial charge in [-0.2, -0.15) is 5.10 Å². The Hall–Kier alpha value is -0.930. The number of nitrogens with zero attached hydrogens (tertiary/aromatic N) is 1. The molecule has 1 atom stereocenters. The maximum atomic E-state index is 12.0. The quantitative estimate of drug-likeness (QED) is 0.708. The molecule has 0 aliphatic carbocycles. The van der Waals surface area contributed by atoms with Crippen LogP contribution in [0, 0.1) is 0 Å². The molecule has 0 bridgehead atoms. The molecule has 0 saturated heterocycles. The second-order valence-corrected chi connectivity index (χ2v) is 8.96. The van der Waals surface area contributed by atoms with Crippen LogP contribution in [-0.4, -0.2) is 46.8 Å². The van der Waals surface area contributed by atoms with Crippen molar-refractivity contribution in [1.29, 1.82) is 0 Å². The van der Waals surface area contributed by atoms with Gasteiger partial charge >= 0.3 is 0 Å². The SMILES string of the molecule is CCS(=O)CCNC(=O)c1n[nH]c(C(C)C)c1S(=O)(=O)Cl. The fraction of sp³-hybridized carbons (Fsp3) is 0.636. The summed E-state index contributed by atoms with van der Waals surface area (Å²) in [6.45, 7) is 5.46. The van der Waals surface area contributed by atoms with E-state index < -0.39 is 25.8 Å². The van der Waals surface area contributed by atoms with Gasteiger partial charge in [-0.25, -0.2) is 8.42 Å². The first kappa shape index (κ1) is 18.1. The summed E-state index contributed by atoms with van der Waals surface area (Å²) < 4.78 is 34.6. The number of hydrogen-bond acceptors (Lipinski definition) is 5. The van der Waals surface area contributed by atoms with Crippen molar-refractivity contribution in [2.24, 2.45) is 0 Å². The summed E-state index contributed by atoms with van der Waals surface area (Å²) in [5.74, 6) is -0.0512. The highest BCUT2D eigenvalue weighted by atomic mass is 35.7. The molecule has 7 nitrogen and oxygen atoms in total. The Balaban J connectivity index is 2.98. The molecule has 1 aromatic rings. The Morgan fingerprint density at radius 2 is 2.10 bits per heavy atom. The van der Waals surface area contributed by atoms with Gasteiger partial charge in [0, 0.05) is 39.5 Å². The number of carbonyl (C=O) groups is 1. The summed E-state index contributed by atoms with van der Waals surface area (Å²) in [6.07, 6.45) is 0. The van der Waals surface area contributed by atoms with Gasteiger partial charge in [0.25, 0.3) is 15.0 Å². The fourth-order valence-corrected chi connectivity index (χ4v) is 3.64. The van der Waals surface area contributed by atoms with Crippen molar-refractivity contribution >= 4 is 36.4 Å². The number of amides is 1. The van der Waals surface area contributed by atoms with Crippen LogP contribution in [0.5, 0.6) is 0 Å². The summed E-state index contributed by atoms with van der Waals surface area (Å²) in [4.78, 5) is 11.7. The van der Waals surface area contributed by atoms with Crippen LogP contribution in [0.2, 0.25) is 0 Å². The lowest BCUT2D eigenvalue weighted by Gasteiger charge is -2.06. The number of H-pyrrole nitrogens is 1. The Morgan fingerprint density at radius 1 is 1.48 bits per heavy atom. The molecule has 0 aromatic carbocycles. The molecule has 1 aromatic heterocycles. The number of nitrogens with one attached hydrogen (secondary N) is 2. The number of aromatic nitrogens is 2. The summed E-state index contributed by atoms with van der Waals surface area (Å²) in [7, 11) is 0.278. The molecule has 1 amide bonds. The van der Waals surface area contributed by atoms with Crippen LogP contribution < -0.4 is 5.32 Å². The Bertz CT molecular complexity index is 640. The maximum absolute atomic E-state index is 12.0. The molecule has 1 unspecified atom stereocenters. The average molecular weight is 356 g/mol. The van der Waals surface area contributed by atoms with Crippen LogP contribution in [0.25, 0.3) is 0 Å². The molecule has 10 heteroatoms. The van der Waals surface area contributed by atoms with E-state index in [-0.39, 0.29) is 28.7 Å². The van der Waals surface area contributed by atoms with Gasteiger partial charge in [0.1, 0.15) is 4.90 Å². The van der Waals surface area contributed by atoms with E-state index in [0.29, 0.717) is 11.5 Å². The van der Waals surface area contributed by atoms with Gasteiger partial charge in [-0.05, 0) is 5.92 Å². The first-order valence-corrected chi connectivity index (χ1v) is 10.1. The third kappa shape index (κ3) is 4.79. The van der Waals surface area contributed by atoms with E-state index in [1.54, 1.807) is 20.8 Å². The Labute approximate surface area is 130 Å². The summed E-state index contributed by atoms with van der Waals surface area (Å²) in [6, 6.07) is 0. The predicted molar refractivity (Wildman–Crippen MR) is 81.6 cm³/mol. The van der Waals surface area contributed by atoms with E-state index in [1.807, 2.05) is 0 Å². The molecular weight excluding hydrogens is 338 g/mol. The molecule has 1 rings (SSSR count). The third-order valence-electron chi connectivity index (χ3n) is 2.72. The Morgan fingerprint density at radius 3 is 2.57 bits per heavy atom. The summed E-state index contributed by atoms with van der Waals surface area (Å²) in [5, 5.41) is 8.77. The van der Waals surface area contributed by atoms with Crippen molar-refractivity contribution in [1.82, 2.24) is 15.5 Å². The smallest absolute Gasteiger partial charge is 0.273 e. The molecule has 0 aliphatic rings. The van der Waals surface area contributed by atoms with Crippen molar-refractivity contribution in [3.8, 4) is 0 Å². The molecule has 0 aliphatic heterocycles. The van der Waals surface area contributed by atoms with Crippen LogP contribution in [-0.2, 0) is 19.9 Å². The zero-order chi connectivity index (χ0) is 16.2. The number of aromatic amines is 1. The number of halogens is 1. The zero-order valence-corrected chi connectivity index (χ0v) is 14.4. The normalized spacial score (nSPS) is 13.4. The van der Waals surface area contributed by atoms with Crippen LogP contribution in [0.15, 0.2) is 4.90 Å². The zero-order valence-electron chi connectivity index (χ0n) is 12.0. The molecule has 2 N–H and O–H groups in total. The second-order valence-electron chi connectivity index (χ2n) is 4.60. The van der Waals surface area contributed by atoms with Crippen molar-refractivity contribution in [3.63, 3.8) is 0 Å². The first-order valence-electron chi connectivity index (χ1n) is 6.34. The van der Waals surface area contributed by atoms with E-state index in [0.717, 1.165) is 0 Å². The molecule has 21 heavy (non-hydrogen) atoms. The van der Waals surface area contributed by atoms with E-state index in [1.165, 1.54) is 0 Å². The van der Waals surface area contributed by atoms with Crippen LogP contribution >= 0.6 is 10.7 Å². The van der Waals surface area contributed by atoms with Gasteiger partial charge < -0.3 is 5.32 Å². The van der Waals surface area contributed by atoms with Crippen molar-refractivity contribution < 1.29 is 17.4 Å². The van der Waals surface area contributed by atoms with Gasteiger partial charge in [0.05, 0.1) is 5.69 Å². The Kier molecular flexibility index (Phi) is 6.36. The van der Waals surface area contributed by atoms with Crippen LogP contribution in [0.4, 0.5) is 0 Å². The van der Waals surface area contributed by atoms with E-state index in [4.69, 9.17) is 10.7 Å². The third-order valence-corrected chi connectivity index (χ3v) is 5.39. The van der Waals surface area contributed by atoms with Crippen molar-refractivity contribution in [3.05, 3.63) is 11.4 Å². The van der Waals surface area contributed by atoms with E-state index >= 15 is 0 Å². The van der Waals surface area contributed by atoms with Crippen LogP contribution in [0.1, 0.15) is 42.9 Å². The lowest BCUT2D eigenvalue weighted by atomic mass is 10.1. The van der Waals surface area contributed by atoms with Crippen molar-refractivity contribution in [2.45, 2.75) is 31.6 Å². The lowest BCUT2D eigenvalue weighted by Crippen LogP contribution is -2.29. The van der Waals surface area contributed by atoms with E-state index in [2.05, 4.69) is 15.5 Å². The fourth-order valence-electron chi connectivity index (χ4n) is 1.64. The maximum Gasteiger partial charge on any atom is 0.273 e. The number of carbonyl (C=O) groups excluding carboxylic acids is 1. The average Bonchev–Trinajstić information content (AvgIpc) is 2.83. The highest BCUT2D eigenvalue weighted by Crippen LogP contribution is 2.27. The minimum atomic E-state index is -4.10. The molecule has 0 fully saturated rings. The molecule has 0 spiro atoms. The summed E-state index contributed by atoms with van der Waals surface area (Å²) in [5.41, 5.74) is 0.0169. The van der Waals surface area contributed by atoms with Gasteiger partial charge in [-0.15, -0.1) is 0 Å². The minimum absolute atomic E-state index is 0.172. The highest BCUT2D eigenvalue weighted by Gasteiger charge is 2.29. The lowest BCUT2D eigenvalue weighted by molar-refractivity contribution is 0.0948. The predicted octanol–water partition coefficient (Wildman–Crippen LogP) is 0.959. The van der Waals surface area contributed by atoms with E-state index in [9.17, 15) is 17.4 Å². The van der Waals surface area contributed by atoms with Crippen molar-refractivity contribution in [2.75, 3.05) is 18.1 Å². The summed E-state index contributed by atoms with van der Waals surface area (Å²) >= 11 is 0. The molecular formula is C11H18ClN3O4S2. The molecule has 0 saturated carbocycles. The molecule has 120 valence electrons. The monoisotopic (exact) mass is 355 g/mol. The minimum Gasteiger partial charge on any atom is -0.350 e. The van der Waals surface area contributed by atoms with Gasteiger partial charge in [-0.3, -0.25) is 14.1 Å². The number of hydrogen-bond donors (Lipinski definition) is 2. The van der Waals surface area contributed by atoms with Gasteiger partial charge in [0.15, 0.2) is 5.69 Å².